The fourth-order valence-electron chi connectivity index (χ4n) is 1.56. The normalized spacial score (nSPS) is 10.3. The molecule has 102 valence electrons. The van der Waals surface area contributed by atoms with Crippen LogP contribution in [0.1, 0.15) is 5.56 Å². The second-order valence-corrected chi connectivity index (χ2v) is 4.95. The second kappa shape index (κ2) is 5.73. The number of halogens is 1. The van der Waals surface area contributed by atoms with Crippen LogP contribution in [0.2, 0.25) is 0 Å². The summed E-state index contributed by atoms with van der Waals surface area (Å²) in [7, 11) is 0. The number of nitrogens with zero attached hydrogens (tertiary/aromatic N) is 4. The van der Waals surface area contributed by atoms with E-state index in [0.717, 1.165) is 0 Å². The van der Waals surface area contributed by atoms with Crippen LogP contribution in [0.4, 0.5) is 4.39 Å². The summed E-state index contributed by atoms with van der Waals surface area (Å²) < 4.78 is 18.3. The Morgan fingerprint density at radius 3 is 2.57 bits per heavy atom. The van der Waals surface area contributed by atoms with Crippen molar-refractivity contribution in [3.8, 4) is 17.5 Å². The Morgan fingerprint density at radius 1 is 1.10 bits per heavy atom. The predicted octanol–water partition coefficient (Wildman–Crippen LogP) is 3.29. The zero-order valence-electron chi connectivity index (χ0n) is 10.5. The molecule has 0 spiro atoms. The minimum atomic E-state index is -0.324. The summed E-state index contributed by atoms with van der Waals surface area (Å²) in [6.45, 7) is 0. The molecule has 0 fully saturated rings. The zero-order chi connectivity index (χ0) is 14.7. The van der Waals surface area contributed by atoms with Gasteiger partial charge in [-0.3, -0.25) is 0 Å². The van der Waals surface area contributed by atoms with Gasteiger partial charge in [-0.25, -0.2) is 9.37 Å². The molecule has 0 radical (unpaired) electrons. The lowest BCUT2D eigenvalue weighted by Crippen LogP contribution is -1.81. The molecule has 0 saturated heterocycles. The first-order chi connectivity index (χ1) is 10.2. The minimum Gasteiger partial charge on any atom is -0.411 e. The van der Waals surface area contributed by atoms with Crippen LogP contribution in [0, 0.1) is 17.1 Å². The molecule has 0 aliphatic carbocycles. The maximum Gasteiger partial charge on any atom is 0.283 e. The van der Waals surface area contributed by atoms with E-state index in [2.05, 4.69) is 15.2 Å². The summed E-state index contributed by atoms with van der Waals surface area (Å²) in [6, 6.07) is 11.1. The maximum absolute atomic E-state index is 12.9. The van der Waals surface area contributed by atoms with Crippen LogP contribution in [0.3, 0.4) is 0 Å². The van der Waals surface area contributed by atoms with E-state index < -0.39 is 0 Å². The molecule has 2 heterocycles. The van der Waals surface area contributed by atoms with Crippen molar-refractivity contribution < 1.29 is 8.81 Å². The van der Waals surface area contributed by atoms with Gasteiger partial charge in [0.25, 0.3) is 5.22 Å². The van der Waals surface area contributed by atoms with E-state index in [1.54, 1.807) is 24.3 Å². The lowest BCUT2D eigenvalue weighted by Gasteiger charge is -1.95. The van der Waals surface area contributed by atoms with Crippen molar-refractivity contribution in [3.05, 3.63) is 54.0 Å². The third kappa shape index (κ3) is 3.07. The standard InChI is InChI=1S/C14H7FN4OS/c15-11-4-2-10(3-5-11)13-18-19-14(20-13)21-12-6-1-9(7-16)8-17-12/h1-6,8H. The highest BCUT2D eigenvalue weighted by Gasteiger charge is 2.10. The van der Waals surface area contributed by atoms with Crippen molar-refractivity contribution >= 4 is 11.8 Å². The van der Waals surface area contributed by atoms with E-state index in [1.165, 1.54) is 30.1 Å². The maximum atomic E-state index is 12.9. The minimum absolute atomic E-state index is 0.311. The van der Waals surface area contributed by atoms with Crippen LogP contribution in [-0.4, -0.2) is 15.2 Å². The van der Waals surface area contributed by atoms with Crippen LogP contribution in [0.5, 0.6) is 0 Å². The Kier molecular flexibility index (Phi) is 3.62. The molecule has 7 heteroatoms. The number of hydrogen-bond acceptors (Lipinski definition) is 6. The van der Waals surface area contributed by atoms with Crippen LogP contribution < -0.4 is 0 Å². The van der Waals surface area contributed by atoms with E-state index >= 15 is 0 Å². The van der Waals surface area contributed by atoms with Gasteiger partial charge in [0, 0.05) is 11.8 Å². The van der Waals surface area contributed by atoms with Gasteiger partial charge in [-0.1, -0.05) is 0 Å². The summed E-state index contributed by atoms with van der Waals surface area (Å²) in [4.78, 5) is 4.10. The van der Waals surface area contributed by atoms with E-state index in [9.17, 15) is 4.39 Å². The zero-order valence-corrected chi connectivity index (χ0v) is 11.3. The molecule has 0 bridgehead atoms. The van der Waals surface area contributed by atoms with Gasteiger partial charge in [0.2, 0.25) is 5.89 Å². The first-order valence-electron chi connectivity index (χ1n) is 5.88. The van der Waals surface area contributed by atoms with Crippen molar-refractivity contribution in [3.63, 3.8) is 0 Å². The van der Waals surface area contributed by atoms with E-state index in [4.69, 9.17) is 9.68 Å². The van der Waals surface area contributed by atoms with E-state index in [1.807, 2.05) is 6.07 Å². The van der Waals surface area contributed by atoms with Crippen LogP contribution in [0.25, 0.3) is 11.5 Å². The van der Waals surface area contributed by atoms with Gasteiger partial charge in [0.05, 0.1) is 5.56 Å². The molecule has 0 amide bonds. The summed E-state index contributed by atoms with van der Waals surface area (Å²) in [5, 5.41) is 17.5. The van der Waals surface area contributed by atoms with Gasteiger partial charge in [0.15, 0.2) is 0 Å². The predicted molar refractivity (Wildman–Crippen MR) is 72.8 cm³/mol. The molecule has 3 aromatic rings. The SMILES string of the molecule is N#Cc1ccc(Sc2nnc(-c3ccc(F)cc3)o2)nc1. The van der Waals surface area contributed by atoms with E-state index in [0.29, 0.717) is 27.3 Å². The molecule has 0 atom stereocenters. The highest BCUT2D eigenvalue weighted by molar-refractivity contribution is 7.99. The molecule has 0 unspecified atom stereocenters. The van der Waals surface area contributed by atoms with Crippen LogP contribution >= 0.6 is 11.8 Å². The molecular weight excluding hydrogens is 291 g/mol. The van der Waals surface area contributed by atoms with Crippen molar-refractivity contribution in [2.45, 2.75) is 10.2 Å². The van der Waals surface area contributed by atoms with Gasteiger partial charge in [0.1, 0.15) is 16.9 Å². The fraction of sp³-hybridized carbons (Fsp3) is 0. The Hall–Kier alpha value is -2.72. The lowest BCUT2D eigenvalue weighted by atomic mass is 10.2. The van der Waals surface area contributed by atoms with Crippen molar-refractivity contribution in [2.24, 2.45) is 0 Å². The Bertz CT molecular complexity index is 793. The van der Waals surface area contributed by atoms with Crippen molar-refractivity contribution in [2.75, 3.05) is 0 Å². The monoisotopic (exact) mass is 298 g/mol. The topological polar surface area (TPSA) is 75.6 Å². The molecule has 3 rings (SSSR count). The molecule has 0 saturated carbocycles. The highest BCUT2D eigenvalue weighted by atomic mass is 32.2. The summed E-state index contributed by atoms with van der Waals surface area (Å²) in [5.74, 6) is -0.0132. The number of rotatable bonds is 3. The first kappa shape index (κ1) is 13.3. The van der Waals surface area contributed by atoms with Crippen molar-refractivity contribution in [1.29, 1.82) is 5.26 Å². The summed E-state index contributed by atoms with van der Waals surface area (Å²) >= 11 is 1.19. The smallest absolute Gasteiger partial charge is 0.283 e. The number of aromatic nitrogens is 3. The quantitative estimate of drug-likeness (QED) is 0.738. The molecule has 0 aliphatic heterocycles. The van der Waals surface area contributed by atoms with Crippen LogP contribution in [-0.2, 0) is 0 Å². The van der Waals surface area contributed by atoms with Gasteiger partial charge >= 0.3 is 0 Å². The largest absolute Gasteiger partial charge is 0.411 e. The van der Waals surface area contributed by atoms with Gasteiger partial charge in [-0.2, -0.15) is 5.26 Å². The molecule has 2 aromatic heterocycles. The molecule has 21 heavy (non-hydrogen) atoms. The number of nitriles is 1. The van der Waals surface area contributed by atoms with Gasteiger partial charge in [-0.15, -0.1) is 10.2 Å². The molecule has 1 aromatic carbocycles. The summed E-state index contributed by atoms with van der Waals surface area (Å²) in [6.07, 6.45) is 1.47. The number of pyridine rings is 1. The third-order valence-corrected chi connectivity index (χ3v) is 3.35. The lowest BCUT2D eigenvalue weighted by molar-refractivity contribution is 0.465. The molecule has 5 nitrogen and oxygen atoms in total. The van der Waals surface area contributed by atoms with Crippen molar-refractivity contribution in [1.82, 2.24) is 15.2 Å². The highest BCUT2D eigenvalue weighted by Crippen LogP contribution is 2.27. The molecular formula is C14H7FN4OS. The molecule has 0 N–H and O–H groups in total. The fourth-order valence-corrected chi connectivity index (χ4v) is 2.18. The Labute approximate surface area is 123 Å². The van der Waals surface area contributed by atoms with Crippen LogP contribution in [0.15, 0.2) is 57.3 Å². The van der Waals surface area contributed by atoms with E-state index in [-0.39, 0.29) is 5.82 Å². The first-order valence-corrected chi connectivity index (χ1v) is 6.70. The Morgan fingerprint density at radius 2 is 1.90 bits per heavy atom. The summed E-state index contributed by atoms with van der Waals surface area (Å²) in [5.41, 5.74) is 1.13. The second-order valence-electron chi connectivity index (χ2n) is 3.98. The third-order valence-electron chi connectivity index (χ3n) is 2.55. The average Bonchev–Trinajstić information content (AvgIpc) is 2.97. The molecule has 0 aliphatic rings. The van der Waals surface area contributed by atoms with Gasteiger partial charge in [-0.05, 0) is 48.2 Å². The Balaban J connectivity index is 1.78. The van der Waals surface area contributed by atoms with Gasteiger partial charge < -0.3 is 4.42 Å². The average molecular weight is 298 g/mol. The number of benzene rings is 1. The number of hydrogen-bond donors (Lipinski definition) is 0.